The lowest BCUT2D eigenvalue weighted by Crippen LogP contribution is -2.50. The number of carbonyl (C=O) groups excluding carboxylic acids is 2. The molecule has 0 radical (unpaired) electrons. The number of halogens is 4. The van der Waals surface area contributed by atoms with Gasteiger partial charge >= 0.3 is 5.76 Å². The molecule has 6 nitrogen and oxygen atoms in total. The van der Waals surface area contributed by atoms with E-state index in [1.54, 1.807) is 0 Å². The maximum atomic E-state index is 13.2. The van der Waals surface area contributed by atoms with Crippen molar-refractivity contribution < 1.29 is 31.2 Å². The largest absolute Gasteiger partial charge is 0.341 e. The first-order chi connectivity index (χ1) is 14.1. The summed E-state index contributed by atoms with van der Waals surface area (Å²) in [6.07, 6.45) is 0. The van der Waals surface area contributed by atoms with Gasteiger partial charge in [0, 0.05) is 31.7 Å². The molecular weight excluding hydrogens is 445 g/mol. The van der Waals surface area contributed by atoms with E-state index in [-0.39, 0.29) is 48.2 Å². The molecule has 0 bridgehead atoms. The van der Waals surface area contributed by atoms with E-state index < -0.39 is 32.2 Å². The third-order valence-corrected chi connectivity index (χ3v) is 6.39. The molecule has 0 aliphatic carbocycles. The van der Waals surface area contributed by atoms with Crippen LogP contribution in [0.4, 0.5) is 13.2 Å². The Kier molecular flexibility index (Phi) is 6.37. The summed E-state index contributed by atoms with van der Waals surface area (Å²) in [5, 5.41) is -0.00246. The minimum absolute atomic E-state index is 0.00246. The first-order valence-corrected chi connectivity index (χ1v) is 10.7. The van der Waals surface area contributed by atoms with Gasteiger partial charge < -0.3 is 9.80 Å². The highest BCUT2D eigenvalue weighted by Crippen LogP contribution is 2.21. The van der Waals surface area contributed by atoms with E-state index in [9.17, 15) is 31.2 Å². The molecule has 0 unspecified atom stereocenters. The summed E-state index contributed by atoms with van der Waals surface area (Å²) in [6.45, 7) is 0.854. The van der Waals surface area contributed by atoms with Crippen LogP contribution >= 0.6 is 11.6 Å². The number of hydrogen-bond acceptors (Lipinski definition) is 4. The molecule has 1 heterocycles. The SMILES string of the molecule is O=C(c1ccc(S(=O)(=O)C(F)F)cc1)N1CCN(C(=O)c2ccc(F)cc2Cl)CC1. The Morgan fingerprint density at radius 1 is 0.900 bits per heavy atom. The lowest BCUT2D eigenvalue weighted by atomic mass is 10.1. The predicted molar refractivity (Wildman–Crippen MR) is 103 cm³/mol. The van der Waals surface area contributed by atoms with Gasteiger partial charge in [-0.25, -0.2) is 12.8 Å². The van der Waals surface area contributed by atoms with Crippen LogP contribution < -0.4 is 0 Å². The Labute approximate surface area is 175 Å². The maximum Gasteiger partial charge on any atom is 0.341 e. The number of hydrogen-bond donors (Lipinski definition) is 0. The van der Waals surface area contributed by atoms with E-state index in [2.05, 4.69) is 0 Å². The third kappa shape index (κ3) is 4.44. The van der Waals surface area contributed by atoms with Crippen LogP contribution in [0, 0.1) is 5.82 Å². The van der Waals surface area contributed by atoms with Gasteiger partial charge in [0.15, 0.2) is 0 Å². The van der Waals surface area contributed by atoms with Crippen LogP contribution in [-0.2, 0) is 9.84 Å². The third-order valence-electron chi connectivity index (χ3n) is 4.68. The quantitative estimate of drug-likeness (QED) is 0.702. The molecule has 0 spiro atoms. The lowest BCUT2D eigenvalue weighted by molar-refractivity contribution is 0.0535. The second-order valence-corrected chi connectivity index (χ2v) is 8.86. The van der Waals surface area contributed by atoms with Gasteiger partial charge in [-0.05, 0) is 42.5 Å². The number of benzene rings is 2. The van der Waals surface area contributed by atoms with E-state index in [1.807, 2.05) is 0 Å². The standard InChI is InChI=1S/C19H16ClF3N2O4S/c20-16-11-13(21)3-6-15(16)18(27)25-9-7-24(8-10-25)17(26)12-1-4-14(5-2-12)30(28,29)19(22)23/h1-6,11,19H,7-10H2. The molecule has 11 heteroatoms. The number of nitrogens with zero attached hydrogens (tertiary/aromatic N) is 2. The molecule has 2 amide bonds. The number of piperazine rings is 1. The Hall–Kier alpha value is -2.59. The summed E-state index contributed by atoms with van der Waals surface area (Å²) in [4.78, 5) is 27.5. The summed E-state index contributed by atoms with van der Waals surface area (Å²) < 4.78 is 61.3. The fourth-order valence-electron chi connectivity index (χ4n) is 3.02. The van der Waals surface area contributed by atoms with E-state index in [1.165, 1.54) is 28.0 Å². The van der Waals surface area contributed by atoms with Gasteiger partial charge in [-0.3, -0.25) is 9.59 Å². The number of carbonyl (C=O) groups is 2. The van der Waals surface area contributed by atoms with Gasteiger partial charge in [-0.2, -0.15) is 8.78 Å². The second-order valence-electron chi connectivity index (χ2n) is 6.54. The maximum absolute atomic E-state index is 13.2. The van der Waals surface area contributed by atoms with Crippen LogP contribution in [0.3, 0.4) is 0 Å². The van der Waals surface area contributed by atoms with E-state index in [0.29, 0.717) is 0 Å². The number of sulfone groups is 1. The summed E-state index contributed by atoms with van der Waals surface area (Å²) in [6, 6.07) is 7.76. The van der Waals surface area contributed by atoms with Crippen molar-refractivity contribution >= 4 is 33.3 Å². The van der Waals surface area contributed by atoms with Crippen molar-refractivity contribution in [3.05, 3.63) is 64.4 Å². The molecule has 30 heavy (non-hydrogen) atoms. The van der Waals surface area contributed by atoms with Crippen LogP contribution in [0.1, 0.15) is 20.7 Å². The molecule has 160 valence electrons. The normalized spacial score (nSPS) is 14.8. The summed E-state index contributed by atoms with van der Waals surface area (Å²) >= 11 is 5.93. The summed E-state index contributed by atoms with van der Waals surface area (Å²) in [7, 11) is -4.73. The molecular formula is C19H16ClF3N2O4S. The minimum Gasteiger partial charge on any atom is -0.335 e. The highest BCUT2D eigenvalue weighted by atomic mass is 35.5. The molecule has 0 aromatic heterocycles. The van der Waals surface area contributed by atoms with Crippen molar-refractivity contribution in [3.63, 3.8) is 0 Å². The van der Waals surface area contributed by atoms with Crippen molar-refractivity contribution in [1.82, 2.24) is 9.80 Å². The minimum atomic E-state index is -4.73. The highest BCUT2D eigenvalue weighted by Gasteiger charge is 2.29. The molecule has 1 aliphatic heterocycles. The Bertz CT molecular complexity index is 1070. The van der Waals surface area contributed by atoms with Crippen LogP contribution in [0.25, 0.3) is 0 Å². The monoisotopic (exact) mass is 460 g/mol. The highest BCUT2D eigenvalue weighted by molar-refractivity contribution is 7.91. The van der Waals surface area contributed by atoms with Crippen molar-refractivity contribution in [3.8, 4) is 0 Å². The van der Waals surface area contributed by atoms with E-state index in [4.69, 9.17) is 11.6 Å². The Balaban J connectivity index is 1.65. The van der Waals surface area contributed by atoms with Crippen molar-refractivity contribution in [1.29, 1.82) is 0 Å². The molecule has 0 N–H and O–H groups in total. The molecule has 0 atom stereocenters. The van der Waals surface area contributed by atoms with Crippen LogP contribution in [-0.4, -0.2) is 62.0 Å². The topological polar surface area (TPSA) is 74.8 Å². The molecule has 2 aromatic rings. The summed E-state index contributed by atoms with van der Waals surface area (Å²) in [5.74, 6) is -4.89. The van der Waals surface area contributed by atoms with Gasteiger partial charge in [-0.1, -0.05) is 11.6 Å². The fourth-order valence-corrected chi connectivity index (χ4v) is 3.99. The average Bonchev–Trinajstić information content (AvgIpc) is 2.73. The zero-order valence-electron chi connectivity index (χ0n) is 15.4. The zero-order valence-corrected chi connectivity index (χ0v) is 17.0. The first-order valence-electron chi connectivity index (χ1n) is 8.77. The first kappa shape index (κ1) is 22.1. The Morgan fingerprint density at radius 2 is 1.43 bits per heavy atom. The van der Waals surface area contributed by atoms with Gasteiger partial charge in [-0.15, -0.1) is 0 Å². The van der Waals surface area contributed by atoms with Gasteiger partial charge in [0.05, 0.1) is 15.5 Å². The van der Waals surface area contributed by atoms with Crippen LogP contribution in [0.15, 0.2) is 47.4 Å². The molecule has 0 saturated carbocycles. The van der Waals surface area contributed by atoms with Gasteiger partial charge in [0.2, 0.25) is 9.84 Å². The van der Waals surface area contributed by atoms with Crippen molar-refractivity contribution in [2.24, 2.45) is 0 Å². The van der Waals surface area contributed by atoms with E-state index in [0.717, 1.165) is 24.3 Å². The van der Waals surface area contributed by atoms with Crippen LogP contribution in [0.5, 0.6) is 0 Å². The van der Waals surface area contributed by atoms with E-state index >= 15 is 0 Å². The summed E-state index contributed by atoms with van der Waals surface area (Å²) in [5.41, 5.74) is 0.304. The smallest absolute Gasteiger partial charge is 0.335 e. The lowest BCUT2D eigenvalue weighted by Gasteiger charge is -2.35. The Morgan fingerprint density at radius 3 is 1.93 bits per heavy atom. The second kappa shape index (κ2) is 8.65. The molecule has 1 aliphatic rings. The zero-order chi connectivity index (χ0) is 22.1. The van der Waals surface area contributed by atoms with Crippen molar-refractivity contribution in [2.75, 3.05) is 26.2 Å². The molecule has 1 fully saturated rings. The van der Waals surface area contributed by atoms with Gasteiger partial charge in [0.1, 0.15) is 5.82 Å². The van der Waals surface area contributed by atoms with Crippen molar-refractivity contribution in [2.45, 2.75) is 10.7 Å². The molecule has 2 aromatic carbocycles. The van der Waals surface area contributed by atoms with Gasteiger partial charge in [0.25, 0.3) is 11.8 Å². The predicted octanol–water partition coefficient (Wildman–Crippen LogP) is 3.07. The van der Waals surface area contributed by atoms with Crippen LogP contribution in [0.2, 0.25) is 5.02 Å². The fraction of sp³-hybridized carbons (Fsp3) is 0.263. The number of alkyl halides is 2. The molecule has 1 saturated heterocycles. The number of rotatable bonds is 4. The molecule has 3 rings (SSSR count). The number of amides is 2. The average molecular weight is 461 g/mol.